The number of aromatic nitrogens is 1. The number of nitrogens with zero attached hydrogens (tertiary/aromatic N) is 2. The van der Waals surface area contributed by atoms with Crippen molar-refractivity contribution >= 4 is 40.8 Å². The Hall–Kier alpha value is -2.39. The van der Waals surface area contributed by atoms with Crippen molar-refractivity contribution in [2.75, 3.05) is 18.2 Å². The lowest BCUT2D eigenvalue weighted by atomic mass is 10.2. The molecule has 0 unspecified atom stereocenters. The van der Waals surface area contributed by atoms with Crippen molar-refractivity contribution in [1.82, 2.24) is 20.7 Å². The van der Waals surface area contributed by atoms with Gasteiger partial charge in [0.05, 0.1) is 17.3 Å². The van der Waals surface area contributed by atoms with E-state index in [4.69, 9.17) is 0 Å². The van der Waals surface area contributed by atoms with Gasteiger partial charge in [0, 0.05) is 5.56 Å². The third kappa shape index (κ3) is 4.18. The van der Waals surface area contributed by atoms with E-state index in [1.807, 2.05) is 30.3 Å². The molecule has 25 heavy (non-hydrogen) atoms. The first-order chi connectivity index (χ1) is 12.0. The standard InChI is InChI=1S/C16H16N4O3S2/c1-10-14(25-16(17-10)11-5-3-2-4-6-11)15(23)19-18-12(21)7-20-9-24-8-13(20)22/h2-6H,7-9H2,1H3,(H,18,21)(H,19,23). The van der Waals surface area contributed by atoms with Crippen LogP contribution in [0.1, 0.15) is 15.4 Å². The van der Waals surface area contributed by atoms with E-state index in [9.17, 15) is 14.4 Å². The molecule has 1 aliphatic rings. The fraction of sp³-hybridized carbons (Fsp3) is 0.250. The largest absolute Gasteiger partial charge is 0.323 e. The molecule has 7 nitrogen and oxygen atoms in total. The van der Waals surface area contributed by atoms with Crippen LogP contribution < -0.4 is 10.9 Å². The molecule has 1 fully saturated rings. The maximum absolute atomic E-state index is 12.3. The van der Waals surface area contributed by atoms with Gasteiger partial charge in [-0.25, -0.2) is 4.98 Å². The molecule has 0 bridgehead atoms. The van der Waals surface area contributed by atoms with Crippen LogP contribution in [0.5, 0.6) is 0 Å². The van der Waals surface area contributed by atoms with Gasteiger partial charge >= 0.3 is 0 Å². The first-order valence-corrected chi connectivity index (χ1v) is 9.49. The molecule has 1 aromatic heterocycles. The molecule has 0 radical (unpaired) electrons. The average molecular weight is 376 g/mol. The molecule has 3 amide bonds. The maximum Gasteiger partial charge on any atom is 0.281 e. The topological polar surface area (TPSA) is 91.4 Å². The lowest BCUT2D eigenvalue weighted by Gasteiger charge is -2.14. The Labute approximate surface area is 152 Å². The second-order valence-corrected chi connectivity index (χ2v) is 7.33. The van der Waals surface area contributed by atoms with E-state index in [1.165, 1.54) is 28.0 Å². The minimum Gasteiger partial charge on any atom is -0.323 e. The number of thioether (sulfide) groups is 1. The number of amides is 3. The third-order valence-electron chi connectivity index (χ3n) is 3.50. The van der Waals surface area contributed by atoms with Gasteiger partial charge in [-0.05, 0) is 6.92 Å². The third-order valence-corrected chi connectivity index (χ3v) is 5.65. The number of hydrogen-bond donors (Lipinski definition) is 2. The summed E-state index contributed by atoms with van der Waals surface area (Å²) < 4.78 is 0. The fourth-order valence-corrected chi connectivity index (χ4v) is 4.12. The van der Waals surface area contributed by atoms with Gasteiger partial charge in [-0.15, -0.1) is 23.1 Å². The molecule has 2 N–H and O–H groups in total. The zero-order valence-electron chi connectivity index (χ0n) is 13.4. The van der Waals surface area contributed by atoms with Crippen LogP contribution in [-0.4, -0.2) is 45.8 Å². The van der Waals surface area contributed by atoms with Gasteiger partial charge in [0.25, 0.3) is 11.8 Å². The van der Waals surface area contributed by atoms with Crippen molar-refractivity contribution in [3.63, 3.8) is 0 Å². The molecule has 130 valence electrons. The number of rotatable bonds is 4. The van der Waals surface area contributed by atoms with Gasteiger partial charge in [-0.1, -0.05) is 30.3 Å². The Morgan fingerprint density at radius 2 is 2.00 bits per heavy atom. The van der Waals surface area contributed by atoms with Gasteiger partial charge in [-0.2, -0.15) is 0 Å². The summed E-state index contributed by atoms with van der Waals surface area (Å²) >= 11 is 2.72. The first-order valence-electron chi connectivity index (χ1n) is 7.52. The SMILES string of the molecule is Cc1nc(-c2ccccc2)sc1C(=O)NNC(=O)CN1CSCC1=O. The summed E-state index contributed by atoms with van der Waals surface area (Å²) in [6, 6.07) is 9.57. The normalized spacial score (nSPS) is 13.8. The van der Waals surface area contributed by atoms with Gasteiger partial charge in [0.1, 0.15) is 16.4 Å². The highest BCUT2D eigenvalue weighted by atomic mass is 32.2. The molecule has 1 saturated heterocycles. The molecule has 0 saturated carbocycles. The molecule has 0 aliphatic carbocycles. The Bertz CT molecular complexity index is 807. The quantitative estimate of drug-likeness (QED) is 0.788. The molecule has 2 heterocycles. The summed E-state index contributed by atoms with van der Waals surface area (Å²) in [4.78, 5) is 41.9. The lowest BCUT2D eigenvalue weighted by molar-refractivity contribution is -0.132. The van der Waals surface area contributed by atoms with Crippen LogP contribution in [0.3, 0.4) is 0 Å². The predicted molar refractivity (Wildman–Crippen MR) is 96.9 cm³/mol. The smallest absolute Gasteiger partial charge is 0.281 e. The van der Waals surface area contributed by atoms with Gasteiger partial charge in [-0.3, -0.25) is 25.2 Å². The van der Waals surface area contributed by atoms with E-state index < -0.39 is 11.8 Å². The highest BCUT2D eigenvalue weighted by Gasteiger charge is 2.23. The zero-order chi connectivity index (χ0) is 17.8. The molecular weight excluding hydrogens is 360 g/mol. The molecule has 1 aromatic carbocycles. The summed E-state index contributed by atoms with van der Waals surface area (Å²) in [7, 11) is 0. The second kappa shape index (κ2) is 7.66. The zero-order valence-corrected chi connectivity index (χ0v) is 15.1. The molecule has 0 atom stereocenters. The number of hydrazine groups is 1. The summed E-state index contributed by atoms with van der Waals surface area (Å²) in [5.74, 6) is -0.0455. The number of aryl methyl sites for hydroxylation is 1. The number of thiazole rings is 1. The van der Waals surface area contributed by atoms with Gasteiger partial charge < -0.3 is 4.90 Å². The molecule has 9 heteroatoms. The monoisotopic (exact) mass is 376 g/mol. The van der Waals surface area contributed by atoms with Crippen LogP contribution in [-0.2, 0) is 9.59 Å². The number of hydrogen-bond acceptors (Lipinski definition) is 6. The Balaban J connectivity index is 1.59. The average Bonchev–Trinajstić information content (AvgIpc) is 3.19. The highest BCUT2D eigenvalue weighted by molar-refractivity contribution is 8.00. The van der Waals surface area contributed by atoms with E-state index in [1.54, 1.807) is 6.92 Å². The molecule has 0 spiro atoms. The van der Waals surface area contributed by atoms with Crippen molar-refractivity contribution < 1.29 is 14.4 Å². The molecule has 1 aliphatic heterocycles. The van der Waals surface area contributed by atoms with Crippen molar-refractivity contribution in [2.45, 2.75) is 6.92 Å². The molecular formula is C16H16N4O3S2. The van der Waals surface area contributed by atoms with Crippen LogP contribution in [0.15, 0.2) is 30.3 Å². The Morgan fingerprint density at radius 1 is 1.24 bits per heavy atom. The minimum absolute atomic E-state index is 0.0664. The second-order valence-electron chi connectivity index (χ2n) is 5.37. The molecule has 3 rings (SSSR count). The summed E-state index contributed by atoms with van der Waals surface area (Å²) in [5.41, 5.74) is 6.26. The number of benzene rings is 1. The predicted octanol–water partition coefficient (Wildman–Crippen LogP) is 1.41. The fourth-order valence-electron chi connectivity index (χ4n) is 2.25. The van der Waals surface area contributed by atoms with Crippen molar-refractivity contribution in [2.24, 2.45) is 0 Å². The van der Waals surface area contributed by atoms with E-state index >= 15 is 0 Å². The van der Waals surface area contributed by atoms with Crippen molar-refractivity contribution in [3.8, 4) is 10.6 Å². The maximum atomic E-state index is 12.3. The van der Waals surface area contributed by atoms with E-state index in [0.717, 1.165) is 10.6 Å². The van der Waals surface area contributed by atoms with Gasteiger partial charge in [0.15, 0.2) is 0 Å². The van der Waals surface area contributed by atoms with Crippen molar-refractivity contribution in [1.29, 1.82) is 0 Å². The van der Waals surface area contributed by atoms with Crippen LogP contribution in [0, 0.1) is 6.92 Å². The number of nitrogens with one attached hydrogen (secondary N) is 2. The number of carbonyl (C=O) groups is 3. The van der Waals surface area contributed by atoms with Crippen molar-refractivity contribution in [3.05, 3.63) is 40.9 Å². The Kier molecular flexibility index (Phi) is 5.34. The summed E-state index contributed by atoms with van der Waals surface area (Å²) in [5, 5.41) is 0.745. The lowest BCUT2D eigenvalue weighted by Crippen LogP contribution is -2.46. The van der Waals surface area contributed by atoms with Crippen LogP contribution in [0.4, 0.5) is 0 Å². The Morgan fingerprint density at radius 3 is 2.68 bits per heavy atom. The van der Waals surface area contributed by atoms with E-state index in [2.05, 4.69) is 15.8 Å². The van der Waals surface area contributed by atoms with Crippen LogP contribution in [0.2, 0.25) is 0 Å². The van der Waals surface area contributed by atoms with Gasteiger partial charge in [0.2, 0.25) is 5.91 Å². The molecule has 2 aromatic rings. The highest BCUT2D eigenvalue weighted by Crippen LogP contribution is 2.27. The van der Waals surface area contributed by atoms with E-state index in [0.29, 0.717) is 22.2 Å². The van der Waals surface area contributed by atoms with E-state index in [-0.39, 0.29) is 12.5 Å². The minimum atomic E-state index is -0.436. The summed E-state index contributed by atoms with van der Waals surface area (Å²) in [6.45, 7) is 1.68. The number of carbonyl (C=O) groups excluding carboxylic acids is 3. The van der Waals surface area contributed by atoms with Crippen LogP contribution >= 0.6 is 23.1 Å². The first kappa shape index (κ1) is 17.4. The van der Waals surface area contributed by atoms with Crippen LogP contribution in [0.25, 0.3) is 10.6 Å². The summed E-state index contributed by atoms with van der Waals surface area (Å²) in [6.07, 6.45) is 0.